The highest BCUT2D eigenvalue weighted by atomic mass is 15.1. The Bertz CT molecular complexity index is 385. The van der Waals surface area contributed by atoms with E-state index in [2.05, 4.69) is 43.0 Å². The Balaban J connectivity index is 1.76. The van der Waals surface area contributed by atoms with Gasteiger partial charge in [-0.25, -0.2) is 0 Å². The minimum Gasteiger partial charge on any atom is -0.330 e. The van der Waals surface area contributed by atoms with Crippen molar-refractivity contribution in [2.24, 2.45) is 11.1 Å². The summed E-state index contributed by atoms with van der Waals surface area (Å²) in [7, 11) is 0. The van der Waals surface area contributed by atoms with Gasteiger partial charge in [0.1, 0.15) is 0 Å². The van der Waals surface area contributed by atoms with Gasteiger partial charge in [0.05, 0.1) is 0 Å². The second kappa shape index (κ2) is 7.24. The van der Waals surface area contributed by atoms with Crippen molar-refractivity contribution >= 4 is 0 Å². The molecule has 0 bridgehead atoms. The van der Waals surface area contributed by atoms with E-state index in [-0.39, 0.29) is 0 Å². The zero-order valence-electron chi connectivity index (χ0n) is 13.2. The molecule has 1 aromatic rings. The van der Waals surface area contributed by atoms with E-state index < -0.39 is 0 Å². The van der Waals surface area contributed by atoms with Crippen LogP contribution in [0, 0.1) is 5.41 Å². The van der Waals surface area contributed by atoms with Crippen LogP contribution < -0.4 is 5.73 Å². The van der Waals surface area contributed by atoms with Gasteiger partial charge >= 0.3 is 0 Å². The molecule has 20 heavy (non-hydrogen) atoms. The largest absolute Gasteiger partial charge is 0.330 e. The third kappa shape index (κ3) is 4.60. The maximum atomic E-state index is 5.69. The van der Waals surface area contributed by atoms with Crippen LogP contribution in [-0.2, 0) is 12.8 Å². The zero-order valence-corrected chi connectivity index (χ0v) is 13.2. The lowest BCUT2D eigenvalue weighted by molar-refractivity contribution is 0.242. The highest BCUT2D eigenvalue weighted by molar-refractivity contribution is 5.28. The lowest BCUT2D eigenvalue weighted by Gasteiger charge is -2.26. The third-order valence-corrected chi connectivity index (χ3v) is 4.66. The first-order chi connectivity index (χ1) is 9.61. The van der Waals surface area contributed by atoms with Crippen molar-refractivity contribution in [1.82, 2.24) is 4.90 Å². The Hall–Kier alpha value is -0.860. The standard InChI is InChI=1S/C18H30N2/c1-18(2,11-12-19)10-5-13-20-14-8-16-6-3-4-7-17(16)9-15-20/h3-4,6-7H,5,8-15,19H2,1-2H3. The van der Waals surface area contributed by atoms with Crippen LogP contribution in [0.4, 0.5) is 0 Å². The molecule has 2 N–H and O–H groups in total. The Morgan fingerprint density at radius 2 is 1.65 bits per heavy atom. The van der Waals surface area contributed by atoms with Gasteiger partial charge in [-0.1, -0.05) is 38.1 Å². The molecule has 0 unspecified atom stereocenters. The van der Waals surface area contributed by atoms with Crippen molar-refractivity contribution in [3.8, 4) is 0 Å². The van der Waals surface area contributed by atoms with Crippen molar-refractivity contribution in [1.29, 1.82) is 0 Å². The normalized spacial score (nSPS) is 16.8. The Morgan fingerprint density at radius 1 is 1.05 bits per heavy atom. The van der Waals surface area contributed by atoms with Gasteiger partial charge in [-0.15, -0.1) is 0 Å². The average molecular weight is 274 g/mol. The molecule has 0 saturated heterocycles. The van der Waals surface area contributed by atoms with Gasteiger partial charge in [0.25, 0.3) is 0 Å². The summed E-state index contributed by atoms with van der Waals surface area (Å²) >= 11 is 0. The van der Waals surface area contributed by atoms with E-state index >= 15 is 0 Å². The summed E-state index contributed by atoms with van der Waals surface area (Å²) in [5, 5.41) is 0. The third-order valence-electron chi connectivity index (χ3n) is 4.66. The summed E-state index contributed by atoms with van der Waals surface area (Å²) in [5.41, 5.74) is 9.20. The van der Waals surface area contributed by atoms with Gasteiger partial charge in [-0.05, 0) is 61.7 Å². The molecule has 1 heterocycles. The number of hydrogen-bond acceptors (Lipinski definition) is 2. The van der Waals surface area contributed by atoms with Crippen LogP contribution in [-0.4, -0.2) is 31.1 Å². The highest BCUT2D eigenvalue weighted by Crippen LogP contribution is 2.26. The molecule has 0 fully saturated rings. The topological polar surface area (TPSA) is 29.3 Å². The first-order valence-corrected chi connectivity index (χ1v) is 8.10. The molecule has 112 valence electrons. The van der Waals surface area contributed by atoms with Crippen molar-refractivity contribution in [2.75, 3.05) is 26.2 Å². The fourth-order valence-corrected chi connectivity index (χ4v) is 3.23. The number of fused-ring (bicyclic) bond motifs is 1. The number of nitrogens with zero attached hydrogens (tertiary/aromatic N) is 1. The van der Waals surface area contributed by atoms with Crippen molar-refractivity contribution in [2.45, 2.75) is 46.0 Å². The number of rotatable bonds is 6. The first kappa shape index (κ1) is 15.5. The summed E-state index contributed by atoms with van der Waals surface area (Å²) in [4.78, 5) is 2.64. The quantitative estimate of drug-likeness (QED) is 0.863. The molecule has 1 aliphatic heterocycles. The van der Waals surface area contributed by atoms with Crippen LogP contribution in [0.3, 0.4) is 0 Å². The summed E-state index contributed by atoms with van der Waals surface area (Å²) in [6.45, 7) is 9.17. The van der Waals surface area contributed by atoms with E-state index in [9.17, 15) is 0 Å². The van der Waals surface area contributed by atoms with E-state index in [0.29, 0.717) is 5.41 Å². The summed E-state index contributed by atoms with van der Waals surface area (Å²) in [6, 6.07) is 8.93. The second-order valence-electron chi connectivity index (χ2n) is 6.92. The van der Waals surface area contributed by atoms with Gasteiger partial charge in [0, 0.05) is 13.1 Å². The number of benzene rings is 1. The molecule has 0 aromatic heterocycles. The molecule has 0 saturated carbocycles. The van der Waals surface area contributed by atoms with E-state index in [1.54, 1.807) is 11.1 Å². The minimum absolute atomic E-state index is 0.406. The van der Waals surface area contributed by atoms with E-state index in [1.807, 2.05) is 0 Å². The Labute approximate surface area is 124 Å². The van der Waals surface area contributed by atoms with Crippen molar-refractivity contribution in [3.05, 3.63) is 35.4 Å². The fraction of sp³-hybridized carbons (Fsp3) is 0.667. The summed E-state index contributed by atoms with van der Waals surface area (Å²) < 4.78 is 0. The first-order valence-electron chi connectivity index (χ1n) is 8.10. The van der Waals surface area contributed by atoms with Gasteiger partial charge in [-0.3, -0.25) is 0 Å². The lowest BCUT2D eigenvalue weighted by atomic mass is 9.84. The van der Waals surface area contributed by atoms with Crippen LogP contribution in [0.15, 0.2) is 24.3 Å². The molecule has 0 spiro atoms. The van der Waals surface area contributed by atoms with Crippen LogP contribution in [0.25, 0.3) is 0 Å². The molecule has 0 amide bonds. The van der Waals surface area contributed by atoms with Crippen LogP contribution >= 0.6 is 0 Å². The van der Waals surface area contributed by atoms with E-state index in [1.165, 1.54) is 45.3 Å². The van der Waals surface area contributed by atoms with Crippen LogP contribution in [0.1, 0.15) is 44.2 Å². The molecule has 2 nitrogen and oxygen atoms in total. The van der Waals surface area contributed by atoms with Gasteiger partial charge in [-0.2, -0.15) is 0 Å². The van der Waals surface area contributed by atoms with Gasteiger partial charge < -0.3 is 10.6 Å². The van der Waals surface area contributed by atoms with E-state index in [0.717, 1.165) is 13.0 Å². The number of nitrogens with two attached hydrogens (primary N) is 1. The van der Waals surface area contributed by atoms with Crippen molar-refractivity contribution in [3.63, 3.8) is 0 Å². The molecule has 2 heteroatoms. The monoisotopic (exact) mass is 274 g/mol. The molecule has 2 rings (SSSR count). The SMILES string of the molecule is CC(C)(CCN)CCCN1CCc2ccccc2CC1. The minimum atomic E-state index is 0.406. The Morgan fingerprint density at radius 3 is 2.20 bits per heavy atom. The predicted octanol–water partition coefficient (Wildman–Crippen LogP) is 3.24. The maximum absolute atomic E-state index is 5.69. The predicted molar refractivity (Wildman–Crippen MR) is 87.0 cm³/mol. The second-order valence-corrected chi connectivity index (χ2v) is 6.92. The molecule has 1 aromatic carbocycles. The van der Waals surface area contributed by atoms with Crippen LogP contribution in [0.2, 0.25) is 0 Å². The molecule has 0 atom stereocenters. The summed E-state index contributed by atoms with van der Waals surface area (Å²) in [6.07, 6.45) is 6.14. The maximum Gasteiger partial charge on any atom is 0.00221 e. The Kier molecular flexibility index (Phi) is 5.62. The van der Waals surface area contributed by atoms with Crippen LogP contribution in [0.5, 0.6) is 0 Å². The fourth-order valence-electron chi connectivity index (χ4n) is 3.23. The molecular formula is C18H30N2. The molecule has 1 aliphatic rings. The molecular weight excluding hydrogens is 244 g/mol. The lowest BCUT2D eigenvalue weighted by Crippen LogP contribution is -2.28. The van der Waals surface area contributed by atoms with Gasteiger partial charge in [0.15, 0.2) is 0 Å². The highest BCUT2D eigenvalue weighted by Gasteiger charge is 2.18. The molecule has 0 radical (unpaired) electrons. The smallest absolute Gasteiger partial charge is 0.00221 e. The van der Waals surface area contributed by atoms with E-state index in [4.69, 9.17) is 5.73 Å². The summed E-state index contributed by atoms with van der Waals surface area (Å²) in [5.74, 6) is 0. The van der Waals surface area contributed by atoms with Gasteiger partial charge in [0.2, 0.25) is 0 Å². The zero-order chi connectivity index (χ0) is 14.4. The molecule has 0 aliphatic carbocycles. The average Bonchev–Trinajstić information content (AvgIpc) is 2.61. The number of hydrogen-bond donors (Lipinski definition) is 1. The van der Waals surface area contributed by atoms with Crippen molar-refractivity contribution < 1.29 is 0 Å².